The molecule has 1 aromatic carbocycles. The molecule has 1 aromatic rings. The second-order valence-corrected chi connectivity index (χ2v) is 6.32. The fraction of sp³-hybridized carbons (Fsp3) is 0.556. The van der Waals surface area contributed by atoms with Crippen molar-refractivity contribution >= 4 is 24.2 Å². The van der Waals surface area contributed by atoms with Crippen LogP contribution < -0.4 is 16.4 Å². The average molecular weight is 372 g/mol. The second kappa shape index (κ2) is 11.1. The topological polar surface area (TPSA) is 84.2 Å². The molecular weight excluding hydrogens is 345 g/mol. The van der Waals surface area contributed by atoms with Crippen molar-refractivity contribution in [3.8, 4) is 0 Å². The van der Waals surface area contributed by atoms with Crippen LogP contribution in [-0.4, -0.2) is 30.9 Å². The van der Waals surface area contributed by atoms with Crippen LogP contribution in [0.5, 0.6) is 0 Å². The third-order valence-corrected chi connectivity index (χ3v) is 4.53. The number of carbonyl (C=O) groups excluding carboxylic acids is 2. The van der Waals surface area contributed by atoms with Crippen LogP contribution in [0, 0.1) is 11.7 Å². The van der Waals surface area contributed by atoms with Gasteiger partial charge in [-0.1, -0.05) is 12.8 Å². The SMILES string of the molecule is Cl.NCC1CCCCC1NC(=O)CCCNC(=O)c1ccc(F)cc1. The van der Waals surface area contributed by atoms with Crippen LogP contribution in [0.25, 0.3) is 0 Å². The van der Waals surface area contributed by atoms with E-state index in [1.807, 2.05) is 0 Å². The molecule has 0 bridgehead atoms. The summed E-state index contributed by atoms with van der Waals surface area (Å²) in [7, 11) is 0. The van der Waals surface area contributed by atoms with E-state index in [4.69, 9.17) is 5.73 Å². The Kier molecular flexibility index (Phi) is 9.45. The van der Waals surface area contributed by atoms with Gasteiger partial charge in [-0.2, -0.15) is 0 Å². The molecule has 0 heterocycles. The lowest BCUT2D eigenvalue weighted by atomic mass is 9.84. The molecule has 1 aliphatic carbocycles. The van der Waals surface area contributed by atoms with Gasteiger partial charge in [0.15, 0.2) is 0 Å². The number of nitrogens with two attached hydrogens (primary N) is 1. The Morgan fingerprint density at radius 3 is 2.52 bits per heavy atom. The first-order valence-corrected chi connectivity index (χ1v) is 8.63. The molecule has 5 nitrogen and oxygen atoms in total. The quantitative estimate of drug-likeness (QED) is 0.643. The number of rotatable bonds is 7. The molecule has 0 spiro atoms. The monoisotopic (exact) mass is 371 g/mol. The van der Waals surface area contributed by atoms with Crippen molar-refractivity contribution in [3.63, 3.8) is 0 Å². The Bertz CT molecular complexity index is 554. The summed E-state index contributed by atoms with van der Waals surface area (Å²) in [4.78, 5) is 23.9. The first kappa shape index (κ1) is 21.4. The lowest BCUT2D eigenvalue weighted by Crippen LogP contribution is -2.44. The summed E-state index contributed by atoms with van der Waals surface area (Å²) >= 11 is 0. The number of halogens is 2. The van der Waals surface area contributed by atoms with Crippen molar-refractivity contribution in [1.82, 2.24) is 10.6 Å². The predicted molar refractivity (Wildman–Crippen MR) is 98.2 cm³/mol. The Labute approximate surface area is 154 Å². The number of hydrogen-bond acceptors (Lipinski definition) is 3. The molecule has 2 unspecified atom stereocenters. The molecule has 0 aliphatic heterocycles. The Morgan fingerprint density at radius 2 is 1.84 bits per heavy atom. The van der Waals surface area contributed by atoms with E-state index in [1.165, 1.54) is 30.7 Å². The van der Waals surface area contributed by atoms with Crippen LogP contribution >= 0.6 is 12.4 Å². The van der Waals surface area contributed by atoms with Gasteiger partial charge in [0.1, 0.15) is 5.82 Å². The second-order valence-electron chi connectivity index (χ2n) is 6.32. The molecule has 1 saturated carbocycles. The van der Waals surface area contributed by atoms with E-state index >= 15 is 0 Å². The van der Waals surface area contributed by atoms with Gasteiger partial charge in [0.2, 0.25) is 5.91 Å². The maximum atomic E-state index is 12.8. The molecular formula is C18H27ClFN3O2. The van der Waals surface area contributed by atoms with E-state index in [1.54, 1.807) is 0 Å². The van der Waals surface area contributed by atoms with Gasteiger partial charge >= 0.3 is 0 Å². The van der Waals surface area contributed by atoms with E-state index in [9.17, 15) is 14.0 Å². The van der Waals surface area contributed by atoms with Gasteiger partial charge in [-0.25, -0.2) is 4.39 Å². The fourth-order valence-electron chi connectivity index (χ4n) is 3.11. The molecule has 0 saturated heterocycles. The van der Waals surface area contributed by atoms with Gasteiger partial charge in [0.05, 0.1) is 0 Å². The van der Waals surface area contributed by atoms with Crippen molar-refractivity contribution in [2.75, 3.05) is 13.1 Å². The normalized spacial score (nSPS) is 19.6. The third-order valence-electron chi connectivity index (χ3n) is 4.53. The maximum absolute atomic E-state index is 12.8. The summed E-state index contributed by atoms with van der Waals surface area (Å²) in [6, 6.07) is 5.56. The van der Waals surface area contributed by atoms with Crippen molar-refractivity contribution < 1.29 is 14.0 Å². The van der Waals surface area contributed by atoms with E-state index in [0.717, 1.165) is 19.3 Å². The number of benzene rings is 1. The van der Waals surface area contributed by atoms with Crippen molar-refractivity contribution in [1.29, 1.82) is 0 Å². The molecule has 2 amide bonds. The molecule has 2 atom stereocenters. The largest absolute Gasteiger partial charge is 0.353 e. The van der Waals surface area contributed by atoms with Crippen LogP contribution in [0.2, 0.25) is 0 Å². The lowest BCUT2D eigenvalue weighted by Gasteiger charge is -2.31. The highest BCUT2D eigenvalue weighted by molar-refractivity contribution is 5.94. The van der Waals surface area contributed by atoms with Gasteiger partial charge in [-0.15, -0.1) is 12.4 Å². The minimum absolute atomic E-state index is 0. The first-order valence-electron chi connectivity index (χ1n) is 8.63. The Hall–Kier alpha value is -1.66. The van der Waals surface area contributed by atoms with Crippen LogP contribution in [0.1, 0.15) is 48.9 Å². The summed E-state index contributed by atoms with van der Waals surface area (Å²) < 4.78 is 12.8. The van der Waals surface area contributed by atoms with Crippen LogP contribution in [0.4, 0.5) is 4.39 Å². The van der Waals surface area contributed by atoms with Gasteiger partial charge < -0.3 is 16.4 Å². The molecule has 1 fully saturated rings. The van der Waals surface area contributed by atoms with Crippen LogP contribution in [0.3, 0.4) is 0 Å². The van der Waals surface area contributed by atoms with Crippen molar-refractivity contribution in [3.05, 3.63) is 35.6 Å². The van der Waals surface area contributed by atoms with Gasteiger partial charge in [-0.05, 0) is 56.0 Å². The highest BCUT2D eigenvalue weighted by Crippen LogP contribution is 2.23. The lowest BCUT2D eigenvalue weighted by molar-refractivity contribution is -0.122. The smallest absolute Gasteiger partial charge is 0.251 e. The summed E-state index contributed by atoms with van der Waals surface area (Å²) in [6.45, 7) is 1.02. The van der Waals surface area contributed by atoms with Gasteiger partial charge in [0.25, 0.3) is 5.91 Å². The van der Waals surface area contributed by atoms with E-state index in [0.29, 0.717) is 37.4 Å². The molecule has 0 aromatic heterocycles. The van der Waals surface area contributed by atoms with E-state index < -0.39 is 0 Å². The van der Waals surface area contributed by atoms with E-state index in [2.05, 4.69) is 10.6 Å². The van der Waals surface area contributed by atoms with Gasteiger partial charge in [-0.3, -0.25) is 9.59 Å². The van der Waals surface area contributed by atoms with Crippen molar-refractivity contribution in [2.24, 2.45) is 11.7 Å². The van der Waals surface area contributed by atoms with Crippen molar-refractivity contribution in [2.45, 2.75) is 44.6 Å². The Morgan fingerprint density at radius 1 is 1.16 bits per heavy atom. The fourth-order valence-corrected chi connectivity index (χ4v) is 3.11. The number of hydrogen-bond donors (Lipinski definition) is 3. The minimum Gasteiger partial charge on any atom is -0.353 e. The molecule has 140 valence electrons. The molecule has 1 aliphatic rings. The highest BCUT2D eigenvalue weighted by atomic mass is 35.5. The van der Waals surface area contributed by atoms with Crippen LogP contribution in [0.15, 0.2) is 24.3 Å². The zero-order valence-electron chi connectivity index (χ0n) is 14.3. The zero-order valence-corrected chi connectivity index (χ0v) is 15.1. The summed E-state index contributed by atoms with van der Waals surface area (Å²) in [5.74, 6) is -0.245. The summed E-state index contributed by atoms with van der Waals surface area (Å²) in [5, 5.41) is 5.81. The van der Waals surface area contributed by atoms with Gasteiger partial charge in [0, 0.05) is 24.6 Å². The highest BCUT2D eigenvalue weighted by Gasteiger charge is 2.24. The minimum atomic E-state index is -0.373. The average Bonchev–Trinajstić information content (AvgIpc) is 2.59. The number of nitrogens with one attached hydrogen (secondary N) is 2. The zero-order chi connectivity index (χ0) is 17.4. The maximum Gasteiger partial charge on any atom is 0.251 e. The predicted octanol–water partition coefficient (Wildman–Crippen LogP) is 2.39. The third kappa shape index (κ3) is 7.00. The summed E-state index contributed by atoms with van der Waals surface area (Å²) in [5.41, 5.74) is 6.18. The summed E-state index contributed by atoms with van der Waals surface area (Å²) in [6.07, 6.45) is 5.33. The van der Waals surface area contributed by atoms with E-state index in [-0.39, 0.29) is 36.1 Å². The Balaban J connectivity index is 0.00000312. The molecule has 4 N–H and O–H groups in total. The number of amides is 2. The molecule has 0 radical (unpaired) electrons. The molecule has 2 rings (SSSR count). The standard InChI is InChI=1S/C18H26FN3O2.ClH/c19-15-9-7-13(8-10-15)18(24)21-11-3-6-17(23)22-16-5-2-1-4-14(16)12-20;/h7-10,14,16H,1-6,11-12,20H2,(H,21,24)(H,22,23);1H. The van der Waals surface area contributed by atoms with Crippen LogP contribution in [-0.2, 0) is 4.79 Å². The number of carbonyl (C=O) groups is 2. The molecule has 25 heavy (non-hydrogen) atoms. The molecule has 7 heteroatoms. The first-order chi connectivity index (χ1) is 11.6.